The Kier molecular flexibility index (Phi) is 3.91. The number of nitrogens with zero attached hydrogens (tertiary/aromatic N) is 3. The van der Waals surface area contributed by atoms with Crippen LogP contribution >= 0.6 is 0 Å². The molecule has 3 rings (SSSR count). The third-order valence-electron chi connectivity index (χ3n) is 3.91. The molecule has 6 nitrogen and oxygen atoms in total. The highest BCUT2D eigenvalue weighted by molar-refractivity contribution is 5.92. The van der Waals surface area contributed by atoms with Crippen LogP contribution in [0.4, 0.5) is 5.69 Å². The van der Waals surface area contributed by atoms with Crippen LogP contribution in [0.2, 0.25) is 0 Å². The Morgan fingerprint density at radius 1 is 1.18 bits per heavy atom. The van der Waals surface area contributed by atoms with E-state index in [0.29, 0.717) is 6.54 Å². The summed E-state index contributed by atoms with van der Waals surface area (Å²) in [5, 5.41) is 6.13. The van der Waals surface area contributed by atoms with Crippen LogP contribution in [0.15, 0.2) is 47.3 Å². The fraction of sp³-hybridized carbons (Fsp3) is 0.312. The van der Waals surface area contributed by atoms with Gasteiger partial charge in [0.2, 0.25) is 0 Å². The average molecular weight is 298 g/mol. The average Bonchev–Trinajstić information content (AvgIpc) is 2.56. The molecule has 114 valence electrons. The molecule has 0 spiro atoms. The molecule has 0 aliphatic carbocycles. The topological polar surface area (TPSA) is 69.3 Å². The highest BCUT2D eigenvalue weighted by Crippen LogP contribution is 2.19. The van der Waals surface area contributed by atoms with E-state index in [1.54, 1.807) is 4.90 Å². The van der Waals surface area contributed by atoms with E-state index in [0.717, 1.165) is 13.1 Å². The smallest absolute Gasteiger partial charge is 0.274 e. The molecule has 1 saturated heterocycles. The Morgan fingerprint density at radius 2 is 1.95 bits per heavy atom. The lowest BCUT2D eigenvalue weighted by Gasteiger charge is -2.40. The summed E-state index contributed by atoms with van der Waals surface area (Å²) in [5.74, 6) is -0.142. The van der Waals surface area contributed by atoms with E-state index in [-0.39, 0.29) is 23.2 Å². The molecule has 1 aromatic heterocycles. The lowest BCUT2D eigenvalue weighted by atomic mass is 10.1. The van der Waals surface area contributed by atoms with E-state index in [9.17, 15) is 9.59 Å². The molecule has 1 atom stereocenters. The van der Waals surface area contributed by atoms with Gasteiger partial charge in [-0.25, -0.2) is 5.10 Å². The van der Waals surface area contributed by atoms with E-state index in [1.165, 1.54) is 17.8 Å². The van der Waals surface area contributed by atoms with Gasteiger partial charge >= 0.3 is 0 Å². The van der Waals surface area contributed by atoms with E-state index < -0.39 is 0 Å². The van der Waals surface area contributed by atoms with Crippen molar-refractivity contribution in [3.05, 3.63) is 58.5 Å². The van der Waals surface area contributed by atoms with E-state index in [1.807, 2.05) is 25.1 Å². The van der Waals surface area contributed by atoms with Crippen LogP contribution in [0.5, 0.6) is 0 Å². The van der Waals surface area contributed by atoms with Crippen molar-refractivity contribution in [2.45, 2.75) is 13.0 Å². The zero-order valence-corrected chi connectivity index (χ0v) is 12.4. The van der Waals surface area contributed by atoms with Crippen molar-refractivity contribution in [1.82, 2.24) is 15.1 Å². The summed E-state index contributed by atoms with van der Waals surface area (Å²) in [4.78, 5) is 27.6. The predicted octanol–water partition coefficient (Wildman–Crippen LogP) is 1.12. The first-order chi connectivity index (χ1) is 10.6. The number of aromatic nitrogens is 2. The van der Waals surface area contributed by atoms with Gasteiger partial charge in [-0.15, -0.1) is 0 Å². The summed E-state index contributed by atoms with van der Waals surface area (Å²) < 4.78 is 0. The zero-order valence-electron chi connectivity index (χ0n) is 12.4. The van der Waals surface area contributed by atoms with Crippen molar-refractivity contribution >= 4 is 11.6 Å². The minimum Gasteiger partial charge on any atom is -0.368 e. The largest absolute Gasteiger partial charge is 0.368 e. The Bertz CT molecular complexity index is 693. The van der Waals surface area contributed by atoms with Crippen LogP contribution < -0.4 is 10.5 Å². The van der Waals surface area contributed by atoms with Crippen LogP contribution in [-0.2, 0) is 0 Å². The monoisotopic (exact) mass is 298 g/mol. The van der Waals surface area contributed by atoms with Gasteiger partial charge in [0, 0.05) is 37.4 Å². The van der Waals surface area contributed by atoms with E-state index >= 15 is 0 Å². The molecule has 0 radical (unpaired) electrons. The van der Waals surface area contributed by atoms with Crippen LogP contribution in [-0.4, -0.2) is 46.7 Å². The van der Waals surface area contributed by atoms with Gasteiger partial charge in [0.25, 0.3) is 11.5 Å². The molecule has 6 heteroatoms. The SMILES string of the molecule is CC1CN(c2ccccc2)CCN1C(=O)c1ccc(=O)[nH]n1. The summed E-state index contributed by atoms with van der Waals surface area (Å²) in [5.41, 5.74) is 1.14. The first-order valence-electron chi connectivity index (χ1n) is 7.32. The maximum atomic E-state index is 12.5. The van der Waals surface area contributed by atoms with Crippen molar-refractivity contribution in [1.29, 1.82) is 0 Å². The van der Waals surface area contributed by atoms with Gasteiger partial charge in [-0.05, 0) is 25.1 Å². The number of para-hydroxylation sites is 1. The molecule has 0 bridgehead atoms. The molecule has 22 heavy (non-hydrogen) atoms. The van der Waals surface area contributed by atoms with Crippen molar-refractivity contribution < 1.29 is 4.79 Å². The molecule has 2 heterocycles. The molecule has 2 aromatic rings. The highest BCUT2D eigenvalue weighted by Gasteiger charge is 2.28. The summed E-state index contributed by atoms with van der Waals surface area (Å²) in [6, 6.07) is 13.1. The number of amides is 1. The lowest BCUT2D eigenvalue weighted by Crippen LogP contribution is -2.54. The molecule has 1 amide bonds. The molecule has 0 saturated carbocycles. The maximum absolute atomic E-state index is 12.5. The van der Waals surface area contributed by atoms with Gasteiger partial charge in [-0.2, -0.15) is 5.10 Å². The Morgan fingerprint density at radius 3 is 2.59 bits per heavy atom. The lowest BCUT2D eigenvalue weighted by molar-refractivity contribution is 0.0666. The normalized spacial score (nSPS) is 18.3. The molecule has 1 aromatic carbocycles. The zero-order chi connectivity index (χ0) is 15.5. The summed E-state index contributed by atoms with van der Waals surface area (Å²) in [6.45, 7) is 4.22. The third-order valence-corrected chi connectivity index (χ3v) is 3.91. The first kappa shape index (κ1) is 14.3. The standard InChI is InChI=1S/C16H18N4O2/c1-12-11-19(13-5-3-2-4-6-13)9-10-20(12)16(22)14-7-8-15(21)18-17-14/h2-8,12H,9-11H2,1H3,(H,18,21). The first-order valence-corrected chi connectivity index (χ1v) is 7.32. The second kappa shape index (κ2) is 6.01. The van der Waals surface area contributed by atoms with Crippen LogP contribution in [0, 0.1) is 0 Å². The summed E-state index contributed by atoms with van der Waals surface area (Å²) in [7, 11) is 0. The maximum Gasteiger partial charge on any atom is 0.274 e. The second-order valence-corrected chi connectivity index (χ2v) is 5.44. The van der Waals surface area contributed by atoms with Gasteiger partial charge < -0.3 is 9.80 Å². The highest BCUT2D eigenvalue weighted by atomic mass is 16.2. The number of nitrogens with one attached hydrogen (secondary N) is 1. The van der Waals surface area contributed by atoms with Gasteiger partial charge in [-0.1, -0.05) is 18.2 Å². The number of rotatable bonds is 2. The fourth-order valence-corrected chi connectivity index (χ4v) is 2.74. The third kappa shape index (κ3) is 2.86. The fourth-order valence-electron chi connectivity index (χ4n) is 2.74. The van der Waals surface area contributed by atoms with Crippen molar-refractivity contribution in [3.63, 3.8) is 0 Å². The van der Waals surface area contributed by atoms with Crippen molar-refractivity contribution in [2.75, 3.05) is 24.5 Å². The number of piperazine rings is 1. The van der Waals surface area contributed by atoms with Crippen molar-refractivity contribution in [3.8, 4) is 0 Å². The van der Waals surface area contributed by atoms with E-state index in [4.69, 9.17) is 0 Å². The number of benzene rings is 1. The molecule has 1 N–H and O–H groups in total. The number of aromatic amines is 1. The number of anilines is 1. The Labute approximate surface area is 128 Å². The Balaban J connectivity index is 1.71. The minimum absolute atomic E-state index is 0.0789. The number of carbonyl (C=O) groups is 1. The van der Waals surface area contributed by atoms with Crippen LogP contribution in [0.1, 0.15) is 17.4 Å². The van der Waals surface area contributed by atoms with Gasteiger partial charge in [-0.3, -0.25) is 9.59 Å². The molecular formula is C16H18N4O2. The van der Waals surface area contributed by atoms with Gasteiger partial charge in [0.05, 0.1) is 0 Å². The van der Waals surface area contributed by atoms with Crippen molar-refractivity contribution in [2.24, 2.45) is 0 Å². The quantitative estimate of drug-likeness (QED) is 0.902. The molecule has 1 aliphatic heterocycles. The molecule has 1 fully saturated rings. The number of H-pyrrole nitrogens is 1. The Hall–Kier alpha value is -2.63. The number of hydrogen-bond acceptors (Lipinski definition) is 4. The second-order valence-electron chi connectivity index (χ2n) is 5.44. The van der Waals surface area contributed by atoms with E-state index in [2.05, 4.69) is 27.2 Å². The molecule has 1 unspecified atom stereocenters. The summed E-state index contributed by atoms with van der Waals surface area (Å²) >= 11 is 0. The van der Waals surface area contributed by atoms with Crippen LogP contribution in [0.3, 0.4) is 0 Å². The number of carbonyl (C=O) groups excluding carboxylic acids is 1. The predicted molar refractivity (Wildman–Crippen MR) is 84.0 cm³/mol. The molecule has 1 aliphatic rings. The van der Waals surface area contributed by atoms with Gasteiger partial charge in [0.1, 0.15) is 5.69 Å². The summed E-state index contributed by atoms with van der Waals surface area (Å²) in [6.07, 6.45) is 0. The number of hydrogen-bond donors (Lipinski definition) is 1. The minimum atomic E-state index is -0.307. The molecular weight excluding hydrogens is 280 g/mol. The van der Waals surface area contributed by atoms with Gasteiger partial charge in [0.15, 0.2) is 0 Å². The van der Waals surface area contributed by atoms with Crippen LogP contribution in [0.25, 0.3) is 0 Å².